The second kappa shape index (κ2) is 6.72. The molecule has 2 N–H and O–H groups in total. The van der Waals surface area contributed by atoms with Crippen molar-refractivity contribution in [2.45, 2.75) is 62.0 Å². The summed E-state index contributed by atoms with van der Waals surface area (Å²) >= 11 is 1.90. The van der Waals surface area contributed by atoms with Crippen molar-refractivity contribution in [3.63, 3.8) is 0 Å². The Labute approximate surface area is 132 Å². The highest BCUT2D eigenvalue weighted by molar-refractivity contribution is 7.99. The molecular weight excluding hydrogens is 278 g/mol. The number of nitrogens with two attached hydrogens (primary N) is 1. The van der Waals surface area contributed by atoms with Crippen LogP contribution >= 0.6 is 11.8 Å². The van der Waals surface area contributed by atoms with E-state index in [0.717, 1.165) is 18.8 Å². The van der Waals surface area contributed by atoms with Gasteiger partial charge in [0.15, 0.2) is 0 Å². The molecular formula is C18H27NOS. The summed E-state index contributed by atoms with van der Waals surface area (Å²) in [5.41, 5.74) is 8.02. The molecule has 2 aliphatic rings. The van der Waals surface area contributed by atoms with Crippen LogP contribution in [0.5, 0.6) is 0 Å². The summed E-state index contributed by atoms with van der Waals surface area (Å²) in [5, 5.41) is 0. The molecule has 1 heterocycles. The third kappa shape index (κ3) is 3.82. The lowest BCUT2D eigenvalue weighted by Crippen LogP contribution is -2.44. The molecule has 1 aliphatic heterocycles. The van der Waals surface area contributed by atoms with Gasteiger partial charge in [-0.15, -0.1) is 11.8 Å². The maximum Gasteiger partial charge on any atom is 0.0685 e. The molecule has 1 aromatic rings. The van der Waals surface area contributed by atoms with Gasteiger partial charge in [-0.05, 0) is 50.7 Å². The largest absolute Gasteiger partial charge is 0.375 e. The summed E-state index contributed by atoms with van der Waals surface area (Å²) in [4.78, 5) is 1.34. The number of aryl methyl sites for hydroxylation is 1. The molecule has 2 nitrogen and oxygen atoms in total. The molecule has 0 amide bonds. The van der Waals surface area contributed by atoms with Crippen LogP contribution in [0.2, 0.25) is 0 Å². The van der Waals surface area contributed by atoms with Crippen LogP contribution in [0.15, 0.2) is 29.2 Å². The van der Waals surface area contributed by atoms with Crippen molar-refractivity contribution in [2.24, 2.45) is 11.7 Å². The summed E-state index contributed by atoms with van der Waals surface area (Å²) in [6, 6.07) is 9.00. The lowest BCUT2D eigenvalue weighted by atomic mass is 9.81. The molecule has 2 fully saturated rings. The zero-order valence-corrected chi connectivity index (χ0v) is 13.8. The van der Waals surface area contributed by atoms with Crippen molar-refractivity contribution in [2.75, 3.05) is 12.4 Å². The second-order valence-electron chi connectivity index (χ2n) is 6.78. The summed E-state index contributed by atoms with van der Waals surface area (Å²) in [6.07, 6.45) is 7.49. The van der Waals surface area contributed by atoms with E-state index < -0.39 is 0 Å². The van der Waals surface area contributed by atoms with Crippen molar-refractivity contribution < 1.29 is 4.74 Å². The molecule has 1 saturated carbocycles. The number of ether oxygens (including phenoxy) is 1. The first-order valence-electron chi connectivity index (χ1n) is 8.26. The zero-order chi connectivity index (χ0) is 14.7. The summed E-state index contributed by atoms with van der Waals surface area (Å²) in [7, 11) is 0. The lowest BCUT2D eigenvalue weighted by molar-refractivity contribution is -0.0951. The van der Waals surface area contributed by atoms with Gasteiger partial charge in [-0.1, -0.05) is 30.5 Å². The van der Waals surface area contributed by atoms with Gasteiger partial charge in [0, 0.05) is 23.3 Å². The SMILES string of the molecule is Cc1cccc(SCC(N)C2CCOC3(CCCC3)C2)c1. The standard InChI is InChI=1S/C18H27NOS/c1-14-5-4-6-16(11-14)21-13-17(19)15-7-10-20-18(12-15)8-2-3-9-18/h4-6,11,15,17H,2-3,7-10,12-13,19H2,1H3. The van der Waals surface area contributed by atoms with Crippen LogP contribution in [0.3, 0.4) is 0 Å². The van der Waals surface area contributed by atoms with Crippen molar-refractivity contribution in [1.82, 2.24) is 0 Å². The first-order valence-corrected chi connectivity index (χ1v) is 9.24. The summed E-state index contributed by atoms with van der Waals surface area (Å²) < 4.78 is 6.12. The van der Waals surface area contributed by atoms with Crippen LogP contribution < -0.4 is 5.73 Å². The first kappa shape index (κ1) is 15.4. The fourth-order valence-electron chi connectivity index (χ4n) is 3.83. The highest BCUT2D eigenvalue weighted by Gasteiger charge is 2.41. The summed E-state index contributed by atoms with van der Waals surface area (Å²) in [6.45, 7) is 3.06. The Hall–Kier alpha value is -0.510. The Morgan fingerprint density at radius 1 is 1.38 bits per heavy atom. The molecule has 0 radical (unpaired) electrons. The van der Waals surface area contributed by atoms with Gasteiger partial charge in [-0.2, -0.15) is 0 Å². The van der Waals surface area contributed by atoms with E-state index in [1.807, 2.05) is 11.8 Å². The van der Waals surface area contributed by atoms with Gasteiger partial charge in [0.05, 0.1) is 5.60 Å². The predicted molar refractivity (Wildman–Crippen MR) is 89.8 cm³/mol. The minimum atomic E-state index is 0.189. The van der Waals surface area contributed by atoms with E-state index in [1.54, 1.807) is 0 Å². The average molecular weight is 305 g/mol. The number of rotatable bonds is 4. The molecule has 1 aliphatic carbocycles. The molecule has 21 heavy (non-hydrogen) atoms. The lowest BCUT2D eigenvalue weighted by Gasteiger charge is -2.40. The zero-order valence-electron chi connectivity index (χ0n) is 13.0. The number of hydrogen-bond donors (Lipinski definition) is 1. The fraction of sp³-hybridized carbons (Fsp3) is 0.667. The predicted octanol–water partition coefficient (Wildman–Crippen LogP) is 4.15. The molecule has 1 saturated heterocycles. The van der Waals surface area contributed by atoms with E-state index in [0.29, 0.717) is 5.92 Å². The Morgan fingerprint density at radius 3 is 2.95 bits per heavy atom. The van der Waals surface area contributed by atoms with Gasteiger partial charge in [0.2, 0.25) is 0 Å². The molecule has 1 spiro atoms. The third-order valence-corrected chi connectivity index (χ3v) is 6.22. The van der Waals surface area contributed by atoms with Crippen molar-refractivity contribution >= 4 is 11.8 Å². The van der Waals surface area contributed by atoms with Crippen LogP contribution in [-0.4, -0.2) is 24.0 Å². The maximum absolute atomic E-state index is 6.51. The average Bonchev–Trinajstić information content (AvgIpc) is 2.93. The third-order valence-electron chi connectivity index (χ3n) is 5.08. The van der Waals surface area contributed by atoms with E-state index in [1.165, 1.54) is 42.6 Å². The van der Waals surface area contributed by atoms with Gasteiger partial charge < -0.3 is 10.5 Å². The van der Waals surface area contributed by atoms with E-state index in [-0.39, 0.29) is 11.6 Å². The van der Waals surface area contributed by atoms with Crippen LogP contribution in [0, 0.1) is 12.8 Å². The maximum atomic E-state index is 6.51. The fourth-order valence-corrected chi connectivity index (χ4v) is 4.93. The monoisotopic (exact) mass is 305 g/mol. The quantitative estimate of drug-likeness (QED) is 0.849. The van der Waals surface area contributed by atoms with E-state index in [4.69, 9.17) is 10.5 Å². The second-order valence-corrected chi connectivity index (χ2v) is 7.88. The normalized spacial score (nSPS) is 26.1. The molecule has 1 aromatic carbocycles. The van der Waals surface area contributed by atoms with Gasteiger partial charge >= 0.3 is 0 Å². The van der Waals surface area contributed by atoms with Crippen molar-refractivity contribution in [3.05, 3.63) is 29.8 Å². The molecule has 0 aromatic heterocycles. The van der Waals surface area contributed by atoms with Crippen LogP contribution in [0.4, 0.5) is 0 Å². The first-order chi connectivity index (χ1) is 10.2. The van der Waals surface area contributed by atoms with Gasteiger partial charge in [-0.3, -0.25) is 0 Å². The minimum absolute atomic E-state index is 0.189. The molecule has 3 rings (SSSR count). The molecule has 2 unspecified atom stereocenters. The number of hydrogen-bond acceptors (Lipinski definition) is 3. The molecule has 116 valence electrons. The van der Waals surface area contributed by atoms with Gasteiger partial charge in [0.1, 0.15) is 0 Å². The van der Waals surface area contributed by atoms with Crippen LogP contribution in [-0.2, 0) is 4.74 Å². The van der Waals surface area contributed by atoms with Crippen molar-refractivity contribution in [3.8, 4) is 0 Å². The van der Waals surface area contributed by atoms with Crippen LogP contribution in [0.1, 0.15) is 44.1 Å². The van der Waals surface area contributed by atoms with E-state index in [2.05, 4.69) is 31.2 Å². The number of benzene rings is 1. The summed E-state index contributed by atoms with van der Waals surface area (Å²) in [5.74, 6) is 1.65. The minimum Gasteiger partial charge on any atom is -0.375 e. The van der Waals surface area contributed by atoms with Gasteiger partial charge in [-0.25, -0.2) is 0 Å². The smallest absolute Gasteiger partial charge is 0.0685 e. The molecule has 2 atom stereocenters. The van der Waals surface area contributed by atoms with Crippen molar-refractivity contribution in [1.29, 1.82) is 0 Å². The molecule has 0 bridgehead atoms. The van der Waals surface area contributed by atoms with Gasteiger partial charge in [0.25, 0.3) is 0 Å². The van der Waals surface area contributed by atoms with Crippen LogP contribution in [0.25, 0.3) is 0 Å². The van der Waals surface area contributed by atoms with E-state index in [9.17, 15) is 0 Å². The highest BCUT2D eigenvalue weighted by Crippen LogP contribution is 2.43. The Bertz CT molecular complexity index is 470. The molecule has 3 heteroatoms. The highest BCUT2D eigenvalue weighted by atomic mass is 32.2. The van der Waals surface area contributed by atoms with E-state index >= 15 is 0 Å². The Balaban J connectivity index is 1.54. The number of thioether (sulfide) groups is 1. The topological polar surface area (TPSA) is 35.2 Å². The Morgan fingerprint density at radius 2 is 2.19 bits per heavy atom. The Kier molecular flexibility index (Phi) is 4.92.